The molecule has 0 aliphatic rings. The second-order valence-electron chi connectivity index (χ2n) is 2.99. The van der Waals surface area contributed by atoms with E-state index in [-0.39, 0.29) is 17.1 Å². The van der Waals surface area contributed by atoms with Gasteiger partial charge in [-0.25, -0.2) is 8.78 Å². The Labute approximate surface area is 94.5 Å². The highest BCUT2D eigenvalue weighted by atomic mass is 35.5. The van der Waals surface area contributed by atoms with Gasteiger partial charge in [-0.15, -0.1) is 11.6 Å². The first-order valence-corrected chi connectivity index (χ1v) is 4.76. The van der Waals surface area contributed by atoms with Crippen LogP contribution >= 0.6 is 11.6 Å². The summed E-state index contributed by atoms with van der Waals surface area (Å²) in [6.45, 7) is 0. The standard InChI is InChI=1S/C9H8ClF2NO3/c10-2-4-5(1-7(15)16)13-3-6(14)8(4)9(11)12/h3,9,14H,1-2H2,(H,15,16). The summed E-state index contributed by atoms with van der Waals surface area (Å²) in [5, 5.41) is 17.8. The van der Waals surface area contributed by atoms with E-state index in [4.69, 9.17) is 16.7 Å². The summed E-state index contributed by atoms with van der Waals surface area (Å²) >= 11 is 5.46. The number of hydrogen-bond acceptors (Lipinski definition) is 3. The molecule has 2 N–H and O–H groups in total. The molecule has 1 aromatic heterocycles. The Balaban J connectivity index is 3.30. The molecule has 0 aromatic carbocycles. The first kappa shape index (κ1) is 12.6. The monoisotopic (exact) mass is 251 g/mol. The Bertz CT molecular complexity index is 412. The lowest BCUT2D eigenvalue weighted by atomic mass is 10.1. The lowest BCUT2D eigenvalue weighted by Crippen LogP contribution is -2.08. The lowest BCUT2D eigenvalue weighted by Gasteiger charge is -2.11. The quantitative estimate of drug-likeness (QED) is 0.804. The van der Waals surface area contributed by atoms with Crippen molar-refractivity contribution in [1.82, 2.24) is 4.98 Å². The molecule has 0 amide bonds. The molecule has 7 heteroatoms. The number of nitrogens with zero attached hydrogens (tertiary/aromatic N) is 1. The molecule has 88 valence electrons. The van der Waals surface area contributed by atoms with Gasteiger partial charge in [0.05, 0.1) is 23.9 Å². The molecule has 1 aromatic rings. The predicted molar refractivity (Wildman–Crippen MR) is 51.8 cm³/mol. The van der Waals surface area contributed by atoms with E-state index in [2.05, 4.69) is 4.98 Å². The van der Waals surface area contributed by atoms with Gasteiger partial charge in [0.15, 0.2) is 0 Å². The number of aromatic hydroxyl groups is 1. The Hall–Kier alpha value is -1.43. The molecular formula is C9H8ClF2NO3. The average Bonchev–Trinajstić information content (AvgIpc) is 2.18. The second kappa shape index (κ2) is 5.07. The molecule has 16 heavy (non-hydrogen) atoms. The minimum Gasteiger partial charge on any atom is -0.506 e. The highest BCUT2D eigenvalue weighted by Crippen LogP contribution is 2.33. The second-order valence-corrected chi connectivity index (χ2v) is 3.25. The highest BCUT2D eigenvalue weighted by molar-refractivity contribution is 6.17. The zero-order valence-corrected chi connectivity index (χ0v) is 8.71. The molecule has 0 aliphatic carbocycles. The molecule has 0 aliphatic heterocycles. The Morgan fingerprint density at radius 1 is 1.56 bits per heavy atom. The number of hydrogen-bond donors (Lipinski definition) is 2. The van der Waals surface area contributed by atoms with Crippen molar-refractivity contribution in [1.29, 1.82) is 0 Å². The van der Waals surface area contributed by atoms with Crippen LogP contribution in [0.3, 0.4) is 0 Å². The summed E-state index contributed by atoms with van der Waals surface area (Å²) in [6.07, 6.45) is -2.64. The molecule has 0 spiro atoms. The van der Waals surface area contributed by atoms with Crippen molar-refractivity contribution in [2.45, 2.75) is 18.7 Å². The van der Waals surface area contributed by atoms with Gasteiger partial charge in [-0.2, -0.15) is 0 Å². The van der Waals surface area contributed by atoms with Gasteiger partial charge >= 0.3 is 5.97 Å². The maximum atomic E-state index is 12.6. The molecule has 1 rings (SSSR count). The van der Waals surface area contributed by atoms with Crippen LogP contribution in [-0.4, -0.2) is 21.2 Å². The fraction of sp³-hybridized carbons (Fsp3) is 0.333. The van der Waals surface area contributed by atoms with Crippen LogP contribution in [-0.2, 0) is 17.1 Å². The molecule has 0 fully saturated rings. The molecule has 4 nitrogen and oxygen atoms in total. The van der Waals surface area contributed by atoms with Crippen LogP contribution in [0.2, 0.25) is 0 Å². The van der Waals surface area contributed by atoms with Gasteiger partial charge in [-0.1, -0.05) is 0 Å². The molecular weight excluding hydrogens is 244 g/mol. The third kappa shape index (κ3) is 2.57. The third-order valence-corrected chi connectivity index (χ3v) is 2.23. The largest absolute Gasteiger partial charge is 0.506 e. The van der Waals surface area contributed by atoms with Crippen LogP contribution in [0.5, 0.6) is 5.75 Å². The van der Waals surface area contributed by atoms with Crippen molar-refractivity contribution in [3.8, 4) is 5.75 Å². The maximum absolute atomic E-state index is 12.6. The van der Waals surface area contributed by atoms with Crippen LogP contribution in [0.4, 0.5) is 8.78 Å². The van der Waals surface area contributed by atoms with Crippen molar-refractivity contribution in [3.63, 3.8) is 0 Å². The maximum Gasteiger partial charge on any atom is 0.309 e. The molecule has 0 atom stereocenters. The van der Waals surface area contributed by atoms with E-state index in [1.807, 2.05) is 0 Å². The van der Waals surface area contributed by atoms with Crippen LogP contribution in [0, 0.1) is 0 Å². The number of aromatic nitrogens is 1. The normalized spacial score (nSPS) is 10.8. The number of rotatable bonds is 4. The summed E-state index contributed by atoms with van der Waals surface area (Å²) in [7, 11) is 0. The van der Waals surface area contributed by atoms with Gasteiger partial charge in [-0.3, -0.25) is 9.78 Å². The summed E-state index contributed by atoms with van der Waals surface area (Å²) in [5.74, 6) is -2.21. The number of halogens is 3. The van der Waals surface area contributed by atoms with Gasteiger partial charge < -0.3 is 10.2 Å². The lowest BCUT2D eigenvalue weighted by molar-refractivity contribution is -0.136. The Kier molecular flexibility index (Phi) is 4.00. The molecule has 0 saturated heterocycles. The minimum atomic E-state index is -2.93. The van der Waals surface area contributed by atoms with Crippen molar-refractivity contribution in [3.05, 3.63) is 23.0 Å². The van der Waals surface area contributed by atoms with Gasteiger partial charge in [0.1, 0.15) is 5.75 Å². The van der Waals surface area contributed by atoms with Crippen LogP contribution in [0.25, 0.3) is 0 Å². The topological polar surface area (TPSA) is 70.4 Å². The summed E-state index contributed by atoms with van der Waals surface area (Å²) in [4.78, 5) is 14.1. The van der Waals surface area contributed by atoms with E-state index in [0.29, 0.717) is 0 Å². The van der Waals surface area contributed by atoms with Crippen molar-refractivity contribution >= 4 is 17.6 Å². The first-order chi connectivity index (χ1) is 7.47. The SMILES string of the molecule is O=C(O)Cc1ncc(O)c(C(F)F)c1CCl. The van der Waals surface area contributed by atoms with Crippen molar-refractivity contribution in [2.75, 3.05) is 0 Å². The molecule has 0 bridgehead atoms. The predicted octanol–water partition coefficient (Wildman–Crippen LogP) is 2.09. The van der Waals surface area contributed by atoms with E-state index in [9.17, 15) is 18.7 Å². The number of aliphatic carboxylic acids is 1. The molecule has 0 unspecified atom stereocenters. The van der Waals surface area contributed by atoms with Crippen LogP contribution in [0.1, 0.15) is 23.2 Å². The van der Waals surface area contributed by atoms with Crippen molar-refractivity contribution in [2.24, 2.45) is 0 Å². The summed E-state index contributed by atoms with van der Waals surface area (Å²) in [5.41, 5.74) is -0.837. The zero-order chi connectivity index (χ0) is 12.3. The minimum absolute atomic E-state index is 0.0596. The number of carbonyl (C=O) groups is 1. The number of pyridine rings is 1. The molecule has 0 saturated carbocycles. The van der Waals surface area contributed by atoms with Gasteiger partial charge in [-0.05, 0) is 0 Å². The first-order valence-electron chi connectivity index (χ1n) is 4.22. The van der Waals surface area contributed by atoms with Gasteiger partial charge in [0, 0.05) is 11.4 Å². The smallest absolute Gasteiger partial charge is 0.309 e. The number of carboxylic acids is 1. The van der Waals surface area contributed by atoms with E-state index in [1.165, 1.54) is 0 Å². The Morgan fingerprint density at radius 3 is 2.62 bits per heavy atom. The zero-order valence-electron chi connectivity index (χ0n) is 7.95. The summed E-state index contributed by atoms with van der Waals surface area (Å²) in [6, 6.07) is 0. The third-order valence-electron chi connectivity index (χ3n) is 1.96. The van der Waals surface area contributed by atoms with Crippen LogP contribution < -0.4 is 0 Å². The van der Waals surface area contributed by atoms with E-state index >= 15 is 0 Å². The Morgan fingerprint density at radius 2 is 2.19 bits per heavy atom. The van der Waals surface area contributed by atoms with Crippen molar-refractivity contribution < 1.29 is 23.8 Å². The van der Waals surface area contributed by atoms with Crippen LogP contribution in [0.15, 0.2) is 6.20 Å². The van der Waals surface area contributed by atoms with Gasteiger partial charge in [0.2, 0.25) is 0 Å². The molecule has 1 heterocycles. The number of carboxylic acid groups (broad SMARTS) is 1. The van der Waals surface area contributed by atoms with E-state index in [1.54, 1.807) is 0 Å². The van der Waals surface area contributed by atoms with E-state index < -0.39 is 30.1 Å². The van der Waals surface area contributed by atoms with E-state index in [0.717, 1.165) is 6.20 Å². The number of alkyl halides is 3. The molecule has 0 radical (unpaired) electrons. The average molecular weight is 252 g/mol. The summed E-state index contributed by atoms with van der Waals surface area (Å²) < 4.78 is 25.2. The van der Waals surface area contributed by atoms with Gasteiger partial charge in [0.25, 0.3) is 6.43 Å². The highest BCUT2D eigenvalue weighted by Gasteiger charge is 2.22. The fourth-order valence-electron chi connectivity index (χ4n) is 1.28. The fourth-order valence-corrected chi connectivity index (χ4v) is 1.58.